The Bertz CT molecular complexity index is 507. The highest BCUT2D eigenvalue weighted by atomic mass is 15.1. The number of likely N-dealkylation sites (tertiary alicyclic amines) is 1. The van der Waals surface area contributed by atoms with Crippen molar-refractivity contribution in [2.45, 2.75) is 25.7 Å². The molecular formula is C18H26N4. The maximum absolute atomic E-state index is 8.77. The minimum absolute atomic E-state index is 0.676. The maximum Gasteiger partial charge on any atom is 0.0991 e. The summed E-state index contributed by atoms with van der Waals surface area (Å²) in [4.78, 5) is 2.39. The Morgan fingerprint density at radius 1 is 1.32 bits per heavy atom. The number of nitriles is 1. The second kappa shape index (κ2) is 8.67. The van der Waals surface area contributed by atoms with Crippen LogP contribution in [0.15, 0.2) is 24.3 Å². The molecule has 1 aliphatic heterocycles. The molecule has 1 aliphatic rings. The molecule has 4 nitrogen and oxygen atoms in total. The molecule has 1 fully saturated rings. The van der Waals surface area contributed by atoms with Gasteiger partial charge in [-0.3, -0.25) is 0 Å². The minimum atomic E-state index is 0.676. The third kappa shape index (κ3) is 5.59. The molecule has 22 heavy (non-hydrogen) atoms. The molecule has 2 N–H and O–H groups in total. The van der Waals surface area contributed by atoms with Gasteiger partial charge in [0.15, 0.2) is 0 Å². The molecule has 1 aromatic rings. The van der Waals surface area contributed by atoms with Gasteiger partial charge in [0.1, 0.15) is 0 Å². The molecule has 0 radical (unpaired) electrons. The molecule has 1 heterocycles. The van der Waals surface area contributed by atoms with Gasteiger partial charge in [-0.25, -0.2) is 0 Å². The highest BCUT2D eigenvalue weighted by molar-refractivity contribution is 5.83. The van der Waals surface area contributed by atoms with Crippen molar-refractivity contribution in [2.24, 2.45) is 5.92 Å². The number of nitrogens with one attached hydrogen (secondary N) is 2. The molecule has 0 saturated carbocycles. The fourth-order valence-electron chi connectivity index (χ4n) is 2.84. The summed E-state index contributed by atoms with van der Waals surface area (Å²) >= 11 is 0. The van der Waals surface area contributed by atoms with E-state index in [9.17, 15) is 0 Å². The predicted octanol–water partition coefficient (Wildman–Crippen LogP) is 2.44. The van der Waals surface area contributed by atoms with E-state index in [-0.39, 0.29) is 0 Å². The summed E-state index contributed by atoms with van der Waals surface area (Å²) in [7, 11) is 2.19. The van der Waals surface area contributed by atoms with Crippen molar-refractivity contribution >= 4 is 5.71 Å². The van der Waals surface area contributed by atoms with Crippen LogP contribution in [0.5, 0.6) is 0 Å². The number of hydrogen-bond donors (Lipinski definition) is 2. The number of benzene rings is 1. The normalized spacial score (nSPS) is 16.4. The third-order valence-electron chi connectivity index (χ3n) is 4.38. The molecule has 4 heteroatoms. The zero-order chi connectivity index (χ0) is 15.8. The van der Waals surface area contributed by atoms with Gasteiger partial charge in [0.2, 0.25) is 0 Å². The van der Waals surface area contributed by atoms with Crippen molar-refractivity contribution < 1.29 is 0 Å². The van der Waals surface area contributed by atoms with Crippen LogP contribution < -0.4 is 5.32 Å². The van der Waals surface area contributed by atoms with E-state index >= 15 is 0 Å². The maximum atomic E-state index is 8.77. The van der Waals surface area contributed by atoms with Gasteiger partial charge >= 0.3 is 0 Å². The number of hydrogen-bond acceptors (Lipinski definition) is 4. The summed E-state index contributed by atoms with van der Waals surface area (Å²) < 4.78 is 0. The quantitative estimate of drug-likeness (QED) is 0.600. The number of rotatable bonds is 7. The largest absolute Gasteiger partial charge is 0.316 e. The van der Waals surface area contributed by atoms with Gasteiger partial charge in [0, 0.05) is 18.7 Å². The molecule has 0 aromatic heterocycles. The van der Waals surface area contributed by atoms with Crippen molar-refractivity contribution in [1.29, 1.82) is 10.7 Å². The highest BCUT2D eigenvalue weighted by Gasteiger charge is 2.15. The van der Waals surface area contributed by atoms with Gasteiger partial charge in [-0.15, -0.1) is 0 Å². The smallest absolute Gasteiger partial charge is 0.0991 e. The second-order valence-electron chi connectivity index (χ2n) is 6.29. The molecule has 2 rings (SSSR count). The van der Waals surface area contributed by atoms with Crippen LogP contribution in [0, 0.1) is 22.7 Å². The van der Waals surface area contributed by atoms with Crippen LogP contribution in [-0.2, 0) is 6.42 Å². The number of nitrogens with zero attached hydrogens (tertiary/aromatic N) is 2. The Kier molecular flexibility index (Phi) is 6.57. The van der Waals surface area contributed by atoms with E-state index in [0.717, 1.165) is 36.7 Å². The average Bonchev–Trinajstić information content (AvgIpc) is 2.54. The van der Waals surface area contributed by atoms with Crippen LogP contribution in [0.3, 0.4) is 0 Å². The van der Waals surface area contributed by atoms with E-state index in [0.29, 0.717) is 12.0 Å². The topological polar surface area (TPSA) is 62.9 Å². The van der Waals surface area contributed by atoms with Crippen molar-refractivity contribution in [3.05, 3.63) is 35.4 Å². The molecule has 0 atom stereocenters. The molecule has 1 aromatic carbocycles. The number of piperidine rings is 1. The SMILES string of the molecule is CN1CCC(CNCCC(=N)Cc2ccc(C#N)cc2)CC1. The summed E-state index contributed by atoms with van der Waals surface area (Å²) in [5.74, 6) is 0.795. The average molecular weight is 298 g/mol. The van der Waals surface area contributed by atoms with Crippen LogP contribution in [0.25, 0.3) is 0 Å². The second-order valence-corrected chi connectivity index (χ2v) is 6.29. The van der Waals surface area contributed by atoms with Crippen molar-refractivity contribution in [3.8, 4) is 6.07 Å². The molecule has 118 valence electrons. The molecule has 0 unspecified atom stereocenters. The Hall–Kier alpha value is -1.70. The molecule has 1 saturated heterocycles. The first-order valence-corrected chi connectivity index (χ1v) is 8.12. The van der Waals surface area contributed by atoms with Crippen LogP contribution in [0.2, 0.25) is 0 Å². The zero-order valence-corrected chi connectivity index (χ0v) is 13.4. The minimum Gasteiger partial charge on any atom is -0.316 e. The summed E-state index contributed by atoms with van der Waals surface area (Å²) in [6.07, 6.45) is 4.05. The lowest BCUT2D eigenvalue weighted by Gasteiger charge is -2.29. The van der Waals surface area contributed by atoms with Gasteiger partial charge < -0.3 is 15.6 Å². The Balaban J connectivity index is 1.60. The summed E-state index contributed by atoms with van der Waals surface area (Å²) in [5, 5.41) is 20.3. The Labute approximate surface area is 133 Å². The monoisotopic (exact) mass is 298 g/mol. The third-order valence-corrected chi connectivity index (χ3v) is 4.38. The fraction of sp³-hybridized carbons (Fsp3) is 0.556. The van der Waals surface area contributed by atoms with Gasteiger partial charge in [-0.1, -0.05) is 12.1 Å². The van der Waals surface area contributed by atoms with E-state index in [1.54, 1.807) is 0 Å². The first-order valence-electron chi connectivity index (χ1n) is 8.12. The summed E-state index contributed by atoms with van der Waals surface area (Å²) in [6, 6.07) is 9.64. The zero-order valence-electron chi connectivity index (χ0n) is 13.4. The van der Waals surface area contributed by atoms with Crippen LogP contribution in [0.4, 0.5) is 0 Å². The van der Waals surface area contributed by atoms with Crippen molar-refractivity contribution in [1.82, 2.24) is 10.2 Å². The lowest BCUT2D eigenvalue weighted by molar-refractivity contribution is 0.216. The molecular weight excluding hydrogens is 272 g/mol. The van der Waals surface area contributed by atoms with Crippen molar-refractivity contribution in [2.75, 3.05) is 33.2 Å². The van der Waals surface area contributed by atoms with Crippen LogP contribution in [0.1, 0.15) is 30.4 Å². The molecule has 0 aliphatic carbocycles. The lowest BCUT2D eigenvalue weighted by atomic mass is 9.97. The van der Waals surface area contributed by atoms with E-state index in [2.05, 4.69) is 23.3 Å². The van der Waals surface area contributed by atoms with E-state index in [1.165, 1.54) is 25.9 Å². The fourth-order valence-corrected chi connectivity index (χ4v) is 2.84. The Morgan fingerprint density at radius 2 is 2.00 bits per heavy atom. The van der Waals surface area contributed by atoms with E-state index < -0.39 is 0 Å². The predicted molar refractivity (Wildman–Crippen MR) is 90.3 cm³/mol. The molecule has 0 bridgehead atoms. The first kappa shape index (κ1) is 16.7. The van der Waals surface area contributed by atoms with Gasteiger partial charge in [0.25, 0.3) is 0 Å². The van der Waals surface area contributed by atoms with E-state index in [4.69, 9.17) is 10.7 Å². The standard InChI is InChI=1S/C18H26N4/c1-22-10-7-17(8-11-22)14-21-9-6-18(20)12-15-2-4-16(13-19)5-3-15/h2-5,17,20-21H,6-12,14H2,1H3. The van der Waals surface area contributed by atoms with Gasteiger partial charge in [-0.05, 0) is 69.6 Å². The van der Waals surface area contributed by atoms with Crippen LogP contribution in [-0.4, -0.2) is 43.8 Å². The molecule has 0 amide bonds. The summed E-state index contributed by atoms with van der Waals surface area (Å²) in [5.41, 5.74) is 2.54. The highest BCUT2D eigenvalue weighted by Crippen LogP contribution is 2.14. The lowest BCUT2D eigenvalue weighted by Crippen LogP contribution is -2.35. The van der Waals surface area contributed by atoms with Crippen LogP contribution >= 0.6 is 0 Å². The van der Waals surface area contributed by atoms with Crippen molar-refractivity contribution in [3.63, 3.8) is 0 Å². The summed E-state index contributed by atoms with van der Waals surface area (Å²) in [6.45, 7) is 4.39. The Morgan fingerprint density at radius 3 is 2.64 bits per heavy atom. The van der Waals surface area contributed by atoms with Gasteiger partial charge in [-0.2, -0.15) is 5.26 Å². The molecule has 0 spiro atoms. The first-order chi connectivity index (χ1) is 10.7. The van der Waals surface area contributed by atoms with E-state index in [1.807, 2.05) is 24.3 Å². The van der Waals surface area contributed by atoms with Gasteiger partial charge in [0.05, 0.1) is 11.6 Å².